The number of rotatable bonds is 5. The van der Waals surface area contributed by atoms with E-state index in [0.717, 1.165) is 29.4 Å². The van der Waals surface area contributed by atoms with Gasteiger partial charge in [-0.2, -0.15) is 5.26 Å². The van der Waals surface area contributed by atoms with Gasteiger partial charge in [0.15, 0.2) is 5.13 Å². The van der Waals surface area contributed by atoms with Crippen molar-refractivity contribution in [3.63, 3.8) is 0 Å². The third-order valence-electron chi connectivity index (χ3n) is 2.62. The first kappa shape index (κ1) is 12.6. The van der Waals surface area contributed by atoms with Gasteiger partial charge in [0, 0.05) is 17.5 Å². The SMILES string of the molecule is CCCCNc1nc(-c2ccc(C#N)cc2)cs1. The van der Waals surface area contributed by atoms with Crippen LogP contribution in [-0.2, 0) is 0 Å². The van der Waals surface area contributed by atoms with Crippen LogP contribution in [0.5, 0.6) is 0 Å². The fourth-order valence-corrected chi connectivity index (χ4v) is 2.32. The maximum atomic E-state index is 8.75. The van der Waals surface area contributed by atoms with Gasteiger partial charge in [0.1, 0.15) is 0 Å². The van der Waals surface area contributed by atoms with E-state index in [4.69, 9.17) is 5.26 Å². The van der Waals surface area contributed by atoms with Crippen molar-refractivity contribution in [2.24, 2.45) is 0 Å². The molecule has 0 aliphatic carbocycles. The molecule has 0 fully saturated rings. The topological polar surface area (TPSA) is 48.7 Å². The molecule has 2 aromatic rings. The molecule has 0 spiro atoms. The standard InChI is InChI=1S/C14H15N3S/c1-2-3-8-16-14-17-13(10-18-14)12-6-4-11(9-15)5-7-12/h4-7,10H,2-3,8H2,1H3,(H,16,17). The molecule has 18 heavy (non-hydrogen) atoms. The smallest absolute Gasteiger partial charge is 0.183 e. The summed E-state index contributed by atoms with van der Waals surface area (Å²) in [6, 6.07) is 9.62. The summed E-state index contributed by atoms with van der Waals surface area (Å²) >= 11 is 1.62. The van der Waals surface area contributed by atoms with Gasteiger partial charge >= 0.3 is 0 Å². The molecule has 1 aromatic carbocycles. The average molecular weight is 257 g/mol. The van der Waals surface area contributed by atoms with Crippen LogP contribution in [-0.4, -0.2) is 11.5 Å². The van der Waals surface area contributed by atoms with Crippen LogP contribution >= 0.6 is 11.3 Å². The zero-order valence-electron chi connectivity index (χ0n) is 10.3. The molecular formula is C14H15N3S. The first-order chi connectivity index (χ1) is 8.83. The molecule has 4 heteroatoms. The lowest BCUT2D eigenvalue weighted by molar-refractivity contribution is 0.833. The number of anilines is 1. The number of hydrogen-bond acceptors (Lipinski definition) is 4. The number of unbranched alkanes of at least 4 members (excludes halogenated alkanes) is 1. The summed E-state index contributed by atoms with van der Waals surface area (Å²) in [6.07, 6.45) is 2.34. The van der Waals surface area contributed by atoms with Gasteiger partial charge in [0.2, 0.25) is 0 Å². The van der Waals surface area contributed by atoms with Crippen molar-refractivity contribution < 1.29 is 0 Å². The maximum Gasteiger partial charge on any atom is 0.183 e. The Morgan fingerprint density at radius 2 is 2.11 bits per heavy atom. The Labute approximate surface area is 111 Å². The van der Waals surface area contributed by atoms with Crippen molar-refractivity contribution in [1.82, 2.24) is 4.98 Å². The quantitative estimate of drug-likeness (QED) is 0.826. The van der Waals surface area contributed by atoms with Crippen molar-refractivity contribution in [1.29, 1.82) is 5.26 Å². The fraction of sp³-hybridized carbons (Fsp3) is 0.286. The van der Waals surface area contributed by atoms with E-state index >= 15 is 0 Å². The monoisotopic (exact) mass is 257 g/mol. The Morgan fingerprint density at radius 3 is 2.78 bits per heavy atom. The van der Waals surface area contributed by atoms with E-state index < -0.39 is 0 Å². The highest BCUT2D eigenvalue weighted by Crippen LogP contribution is 2.25. The number of aromatic nitrogens is 1. The molecule has 0 saturated heterocycles. The van der Waals surface area contributed by atoms with Crippen LogP contribution in [0.25, 0.3) is 11.3 Å². The molecule has 0 bridgehead atoms. The Kier molecular flexibility index (Phi) is 4.32. The van der Waals surface area contributed by atoms with Gasteiger partial charge in [-0.05, 0) is 18.6 Å². The van der Waals surface area contributed by atoms with E-state index in [1.165, 1.54) is 6.42 Å². The van der Waals surface area contributed by atoms with Gasteiger partial charge in [-0.1, -0.05) is 25.5 Å². The molecule has 0 amide bonds. The van der Waals surface area contributed by atoms with Crippen LogP contribution in [0.2, 0.25) is 0 Å². The predicted octanol–water partition coefficient (Wildman–Crippen LogP) is 3.89. The molecule has 2 rings (SSSR count). The lowest BCUT2D eigenvalue weighted by atomic mass is 10.1. The lowest BCUT2D eigenvalue weighted by Gasteiger charge is -1.99. The van der Waals surface area contributed by atoms with Crippen molar-refractivity contribution in [2.45, 2.75) is 19.8 Å². The second-order valence-corrected chi connectivity index (χ2v) is 4.87. The summed E-state index contributed by atoms with van der Waals surface area (Å²) in [6.45, 7) is 3.14. The van der Waals surface area contributed by atoms with Gasteiger partial charge in [-0.3, -0.25) is 0 Å². The molecule has 0 radical (unpaired) electrons. The molecule has 0 aliphatic rings. The third-order valence-corrected chi connectivity index (χ3v) is 3.42. The van der Waals surface area contributed by atoms with Crippen LogP contribution in [0, 0.1) is 11.3 Å². The summed E-state index contributed by atoms with van der Waals surface area (Å²) in [4.78, 5) is 4.53. The van der Waals surface area contributed by atoms with Crippen LogP contribution in [0.15, 0.2) is 29.6 Å². The molecule has 0 atom stereocenters. The Morgan fingerprint density at radius 1 is 1.33 bits per heavy atom. The van der Waals surface area contributed by atoms with E-state index in [0.29, 0.717) is 5.56 Å². The highest BCUT2D eigenvalue weighted by Gasteiger charge is 2.04. The fourth-order valence-electron chi connectivity index (χ4n) is 1.58. The number of nitrogens with one attached hydrogen (secondary N) is 1. The van der Waals surface area contributed by atoms with Crippen molar-refractivity contribution in [3.05, 3.63) is 35.2 Å². The first-order valence-electron chi connectivity index (χ1n) is 6.03. The molecule has 1 N–H and O–H groups in total. The molecular weight excluding hydrogens is 242 g/mol. The molecule has 3 nitrogen and oxygen atoms in total. The highest BCUT2D eigenvalue weighted by molar-refractivity contribution is 7.14. The zero-order chi connectivity index (χ0) is 12.8. The van der Waals surface area contributed by atoms with Gasteiger partial charge in [-0.25, -0.2) is 4.98 Å². The van der Waals surface area contributed by atoms with E-state index in [-0.39, 0.29) is 0 Å². The van der Waals surface area contributed by atoms with Crippen LogP contribution in [0.3, 0.4) is 0 Å². The van der Waals surface area contributed by atoms with Crippen LogP contribution in [0.4, 0.5) is 5.13 Å². The molecule has 92 valence electrons. The Balaban J connectivity index is 2.06. The van der Waals surface area contributed by atoms with Crippen molar-refractivity contribution >= 4 is 16.5 Å². The van der Waals surface area contributed by atoms with E-state index in [1.54, 1.807) is 11.3 Å². The molecule has 1 aromatic heterocycles. The minimum absolute atomic E-state index is 0.676. The number of nitrogens with zero attached hydrogens (tertiary/aromatic N) is 2. The van der Waals surface area contributed by atoms with Gasteiger partial charge in [-0.15, -0.1) is 11.3 Å². The number of nitriles is 1. The van der Waals surface area contributed by atoms with Gasteiger partial charge < -0.3 is 5.32 Å². The summed E-state index contributed by atoms with van der Waals surface area (Å²) in [5.41, 5.74) is 2.69. The van der Waals surface area contributed by atoms with Crippen LogP contribution in [0.1, 0.15) is 25.3 Å². The summed E-state index contributed by atoms with van der Waals surface area (Å²) in [5, 5.41) is 15.1. The average Bonchev–Trinajstić information content (AvgIpc) is 2.88. The second-order valence-electron chi connectivity index (χ2n) is 4.01. The minimum atomic E-state index is 0.676. The molecule has 0 aliphatic heterocycles. The van der Waals surface area contributed by atoms with E-state index in [2.05, 4.69) is 23.3 Å². The molecule has 0 saturated carbocycles. The first-order valence-corrected chi connectivity index (χ1v) is 6.91. The minimum Gasteiger partial charge on any atom is -0.362 e. The van der Waals surface area contributed by atoms with E-state index in [9.17, 15) is 0 Å². The third kappa shape index (κ3) is 3.08. The van der Waals surface area contributed by atoms with Crippen molar-refractivity contribution in [3.8, 4) is 17.3 Å². The molecule has 0 unspecified atom stereocenters. The number of hydrogen-bond donors (Lipinski definition) is 1. The summed E-state index contributed by atoms with van der Waals surface area (Å²) in [5.74, 6) is 0. The lowest BCUT2D eigenvalue weighted by Crippen LogP contribution is -1.99. The van der Waals surface area contributed by atoms with Gasteiger partial charge in [0.25, 0.3) is 0 Å². The summed E-state index contributed by atoms with van der Waals surface area (Å²) in [7, 11) is 0. The molecule has 1 heterocycles. The predicted molar refractivity (Wildman–Crippen MR) is 75.7 cm³/mol. The second kappa shape index (κ2) is 6.18. The normalized spacial score (nSPS) is 10.0. The van der Waals surface area contributed by atoms with Crippen LogP contribution < -0.4 is 5.32 Å². The largest absolute Gasteiger partial charge is 0.362 e. The Bertz CT molecular complexity index is 537. The highest BCUT2D eigenvalue weighted by atomic mass is 32.1. The number of benzene rings is 1. The van der Waals surface area contributed by atoms with E-state index in [1.807, 2.05) is 29.6 Å². The van der Waals surface area contributed by atoms with Gasteiger partial charge in [0.05, 0.1) is 17.3 Å². The van der Waals surface area contributed by atoms with Crippen molar-refractivity contribution in [2.75, 3.05) is 11.9 Å². The Hall–Kier alpha value is -1.86. The zero-order valence-corrected chi connectivity index (χ0v) is 11.1. The number of thiazole rings is 1. The summed E-state index contributed by atoms with van der Waals surface area (Å²) < 4.78 is 0. The maximum absolute atomic E-state index is 8.75.